The van der Waals surface area contributed by atoms with Gasteiger partial charge in [-0.1, -0.05) is 6.92 Å². The molecule has 2 unspecified atom stereocenters. The molecule has 2 fully saturated rings. The second-order valence-corrected chi connectivity index (χ2v) is 9.16. The van der Waals surface area contributed by atoms with E-state index >= 15 is 0 Å². The van der Waals surface area contributed by atoms with E-state index in [-0.39, 0.29) is 36.4 Å². The molecule has 9 heteroatoms. The van der Waals surface area contributed by atoms with E-state index < -0.39 is 5.97 Å². The molecular weight excluding hydrogens is 453 g/mol. The van der Waals surface area contributed by atoms with Crippen LogP contribution in [0.1, 0.15) is 33.1 Å². The van der Waals surface area contributed by atoms with E-state index in [1.807, 2.05) is 30.9 Å². The minimum Gasteiger partial charge on any atom is -0.494 e. The lowest BCUT2D eigenvalue weighted by molar-refractivity contribution is -0.137. The number of halogens is 1. The van der Waals surface area contributed by atoms with Crippen molar-refractivity contribution in [1.82, 2.24) is 4.98 Å². The van der Waals surface area contributed by atoms with Gasteiger partial charge in [-0.15, -0.1) is 0 Å². The van der Waals surface area contributed by atoms with Crippen LogP contribution in [-0.2, 0) is 9.53 Å². The lowest BCUT2D eigenvalue weighted by Crippen LogP contribution is -2.38. The molecule has 190 valence electrons. The highest BCUT2D eigenvalue weighted by Crippen LogP contribution is 2.34. The number of anilines is 2. The summed E-state index contributed by atoms with van der Waals surface area (Å²) in [7, 11) is 1.66. The molecule has 3 atom stereocenters. The normalized spacial score (nSPS) is 22.9. The first-order chi connectivity index (χ1) is 16.9. The second kappa shape index (κ2) is 11.1. The molecule has 2 aliphatic heterocycles. The molecule has 0 amide bonds. The molecule has 2 aromatic rings. The van der Waals surface area contributed by atoms with E-state index in [2.05, 4.69) is 9.88 Å². The summed E-state index contributed by atoms with van der Waals surface area (Å²) in [6, 6.07) is 8.45. The van der Waals surface area contributed by atoms with Gasteiger partial charge in [-0.05, 0) is 25.1 Å². The summed E-state index contributed by atoms with van der Waals surface area (Å²) in [5.41, 5.74) is 1.41. The number of pyridine rings is 1. The smallest absolute Gasteiger partial charge is 0.305 e. The molecule has 1 aromatic heterocycles. The molecule has 1 N–H and O–H groups in total. The Bertz CT molecular complexity index is 997. The Hall–Kier alpha value is -3.07. The average molecular weight is 488 g/mol. The predicted octanol–water partition coefficient (Wildman–Crippen LogP) is 3.98. The number of hydrogen-bond donors (Lipinski definition) is 1. The number of hydrogen-bond acceptors (Lipinski definition) is 7. The van der Waals surface area contributed by atoms with Crippen molar-refractivity contribution in [3.8, 4) is 11.6 Å². The van der Waals surface area contributed by atoms with E-state index in [0.29, 0.717) is 43.6 Å². The maximum Gasteiger partial charge on any atom is 0.305 e. The van der Waals surface area contributed by atoms with E-state index in [4.69, 9.17) is 14.2 Å². The topological polar surface area (TPSA) is 84.4 Å². The third-order valence-electron chi connectivity index (χ3n) is 7.01. The maximum atomic E-state index is 14.4. The van der Waals surface area contributed by atoms with Crippen LogP contribution in [0.4, 0.5) is 15.8 Å². The van der Waals surface area contributed by atoms with Crippen molar-refractivity contribution in [2.45, 2.75) is 51.4 Å². The van der Waals surface area contributed by atoms with Crippen molar-refractivity contribution in [2.24, 2.45) is 5.92 Å². The fourth-order valence-corrected chi connectivity index (χ4v) is 5.08. The van der Waals surface area contributed by atoms with Crippen LogP contribution >= 0.6 is 0 Å². The first kappa shape index (κ1) is 25.0. The minimum atomic E-state index is -0.827. The fraction of sp³-hybridized carbons (Fsp3) is 0.538. The molecule has 0 bridgehead atoms. The summed E-state index contributed by atoms with van der Waals surface area (Å²) in [6.45, 7) is 6.45. The molecule has 0 radical (unpaired) electrons. The molecule has 4 rings (SSSR count). The Morgan fingerprint density at radius 3 is 2.63 bits per heavy atom. The third-order valence-corrected chi connectivity index (χ3v) is 7.01. The van der Waals surface area contributed by atoms with Gasteiger partial charge in [-0.2, -0.15) is 0 Å². The van der Waals surface area contributed by atoms with E-state index in [0.717, 1.165) is 18.5 Å². The summed E-state index contributed by atoms with van der Waals surface area (Å²) >= 11 is 0. The highest BCUT2D eigenvalue weighted by atomic mass is 19.1. The molecule has 0 saturated carbocycles. The van der Waals surface area contributed by atoms with Gasteiger partial charge in [0, 0.05) is 63.7 Å². The fourth-order valence-electron chi connectivity index (χ4n) is 5.08. The monoisotopic (exact) mass is 487 g/mol. The number of piperidine rings is 1. The van der Waals surface area contributed by atoms with Crippen molar-refractivity contribution in [3.63, 3.8) is 0 Å². The SMILES string of the molecule is CCOc1ccc(F)c(N2CCC(Oc3ccc(N4CC(OC)C(C)[C@@H]4CC(=O)O)cn3)CC2)c1. The van der Waals surface area contributed by atoms with Gasteiger partial charge in [0.05, 0.1) is 36.7 Å². The first-order valence-electron chi connectivity index (χ1n) is 12.2. The van der Waals surface area contributed by atoms with Gasteiger partial charge in [0.25, 0.3) is 0 Å². The Balaban J connectivity index is 1.35. The van der Waals surface area contributed by atoms with Crippen LogP contribution in [0.2, 0.25) is 0 Å². The van der Waals surface area contributed by atoms with Gasteiger partial charge in [-0.3, -0.25) is 4.79 Å². The van der Waals surface area contributed by atoms with E-state index in [1.54, 1.807) is 25.4 Å². The van der Waals surface area contributed by atoms with Gasteiger partial charge in [-0.25, -0.2) is 9.37 Å². The van der Waals surface area contributed by atoms with Gasteiger partial charge in [0.15, 0.2) is 0 Å². The van der Waals surface area contributed by atoms with Crippen LogP contribution in [0.3, 0.4) is 0 Å². The summed E-state index contributed by atoms with van der Waals surface area (Å²) in [5.74, 6) is 0.213. The number of nitrogens with zero attached hydrogens (tertiary/aromatic N) is 3. The summed E-state index contributed by atoms with van der Waals surface area (Å²) in [6.07, 6.45) is 3.25. The van der Waals surface area contributed by atoms with Gasteiger partial charge < -0.3 is 29.1 Å². The largest absolute Gasteiger partial charge is 0.494 e. The number of methoxy groups -OCH3 is 1. The number of carboxylic acid groups (broad SMARTS) is 1. The Kier molecular flexibility index (Phi) is 7.95. The average Bonchev–Trinajstić information content (AvgIpc) is 3.16. The van der Waals surface area contributed by atoms with Crippen LogP contribution in [0, 0.1) is 11.7 Å². The van der Waals surface area contributed by atoms with Crippen molar-refractivity contribution < 1.29 is 28.5 Å². The Morgan fingerprint density at radius 1 is 1.23 bits per heavy atom. The van der Waals surface area contributed by atoms with Crippen molar-refractivity contribution >= 4 is 17.3 Å². The summed E-state index contributed by atoms with van der Waals surface area (Å²) < 4.78 is 31.6. The van der Waals surface area contributed by atoms with Crippen LogP contribution < -0.4 is 19.3 Å². The molecule has 2 saturated heterocycles. The number of benzene rings is 1. The number of aromatic nitrogens is 1. The quantitative estimate of drug-likeness (QED) is 0.569. The number of aliphatic carboxylic acids is 1. The molecule has 0 spiro atoms. The highest BCUT2D eigenvalue weighted by molar-refractivity contribution is 5.69. The molecule has 8 nitrogen and oxygen atoms in total. The number of rotatable bonds is 9. The summed E-state index contributed by atoms with van der Waals surface area (Å²) in [4.78, 5) is 20.0. The van der Waals surface area contributed by atoms with Crippen LogP contribution in [0.5, 0.6) is 11.6 Å². The number of carbonyl (C=O) groups is 1. The van der Waals surface area contributed by atoms with Crippen LogP contribution in [0.15, 0.2) is 36.5 Å². The Morgan fingerprint density at radius 2 is 2.00 bits per heavy atom. The van der Waals surface area contributed by atoms with Gasteiger partial charge in [0.1, 0.15) is 17.7 Å². The van der Waals surface area contributed by atoms with Crippen molar-refractivity contribution in [1.29, 1.82) is 0 Å². The molecule has 3 heterocycles. The van der Waals surface area contributed by atoms with Gasteiger partial charge >= 0.3 is 5.97 Å². The van der Waals surface area contributed by atoms with E-state index in [1.165, 1.54) is 6.07 Å². The molecule has 1 aromatic carbocycles. The maximum absolute atomic E-state index is 14.4. The summed E-state index contributed by atoms with van der Waals surface area (Å²) in [5, 5.41) is 9.35. The zero-order valence-electron chi connectivity index (χ0n) is 20.5. The van der Waals surface area contributed by atoms with E-state index in [9.17, 15) is 14.3 Å². The highest BCUT2D eigenvalue weighted by Gasteiger charge is 2.40. The minimum absolute atomic E-state index is 0.00725. The Labute approximate surface area is 205 Å². The van der Waals surface area contributed by atoms with Gasteiger partial charge in [0.2, 0.25) is 5.88 Å². The second-order valence-electron chi connectivity index (χ2n) is 9.16. The number of ether oxygens (including phenoxy) is 3. The lowest BCUT2D eigenvalue weighted by Gasteiger charge is -2.34. The molecular formula is C26H34FN3O5. The van der Waals surface area contributed by atoms with Crippen molar-refractivity contribution in [3.05, 3.63) is 42.3 Å². The zero-order chi connectivity index (χ0) is 24.9. The third kappa shape index (κ3) is 5.78. The van der Waals surface area contributed by atoms with Crippen LogP contribution in [0.25, 0.3) is 0 Å². The van der Waals surface area contributed by atoms with Crippen LogP contribution in [-0.4, -0.2) is 67.7 Å². The first-order valence-corrected chi connectivity index (χ1v) is 12.2. The van der Waals surface area contributed by atoms with Crippen molar-refractivity contribution in [2.75, 3.05) is 43.2 Å². The molecule has 2 aliphatic rings. The molecule has 35 heavy (non-hydrogen) atoms. The number of carboxylic acids is 1. The molecule has 0 aliphatic carbocycles. The zero-order valence-corrected chi connectivity index (χ0v) is 20.5. The lowest BCUT2D eigenvalue weighted by atomic mass is 9.98. The predicted molar refractivity (Wildman–Crippen MR) is 131 cm³/mol. The standard InChI is InChI=1S/C26H34FN3O5/c1-4-34-20-6-7-21(27)23(13-20)29-11-9-19(10-12-29)35-25-8-5-18(15-28-25)30-16-24(33-3)17(2)22(30)14-26(31)32/h5-8,13,15,17,19,22,24H,4,9-12,14,16H2,1-3H3,(H,31,32)/t17?,22-,24?/m0/s1.